The molecular weight excluding hydrogens is 396 g/mol. The van der Waals surface area contributed by atoms with Gasteiger partial charge in [0.1, 0.15) is 18.0 Å². The van der Waals surface area contributed by atoms with E-state index in [-0.39, 0.29) is 12.6 Å². The number of hydrogen-bond acceptors (Lipinski definition) is 5. The van der Waals surface area contributed by atoms with E-state index in [0.717, 1.165) is 16.5 Å². The van der Waals surface area contributed by atoms with Crippen LogP contribution in [0.25, 0.3) is 10.9 Å². The number of carbonyl (C=O) groups excluding carboxylic acids is 2. The number of hydrogen-bond donors (Lipinski definition) is 2. The third-order valence-corrected chi connectivity index (χ3v) is 4.59. The van der Waals surface area contributed by atoms with Crippen LogP contribution < -0.4 is 10.1 Å². The molecule has 0 unspecified atom stereocenters. The van der Waals surface area contributed by atoms with Crippen molar-refractivity contribution in [2.24, 2.45) is 0 Å². The largest absolute Gasteiger partial charge is 0.491 e. The molecule has 31 heavy (non-hydrogen) atoms. The van der Waals surface area contributed by atoms with Crippen LogP contribution in [0, 0.1) is 0 Å². The fraction of sp³-hybridized carbons (Fsp3) is 0.333. The second-order valence-electron chi connectivity index (χ2n) is 8.23. The molecule has 0 aliphatic rings. The Balaban J connectivity index is 1.72. The van der Waals surface area contributed by atoms with E-state index < -0.39 is 17.7 Å². The molecule has 0 fully saturated rings. The predicted molar refractivity (Wildman–Crippen MR) is 118 cm³/mol. The quantitative estimate of drug-likeness (QED) is 0.546. The van der Waals surface area contributed by atoms with E-state index >= 15 is 0 Å². The number of rotatable bonds is 7. The minimum absolute atomic E-state index is 0.232. The van der Waals surface area contributed by atoms with Gasteiger partial charge in [0.25, 0.3) is 0 Å². The molecule has 7 heteroatoms. The molecule has 0 aliphatic carbocycles. The molecule has 1 atom stereocenters. The van der Waals surface area contributed by atoms with Crippen LogP contribution >= 0.6 is 0 Å². The lowest BCUT2D eigenvalue weighted by Crippen LogP contribution is -2.43. The summed E-state index contributed by atoms with van der Waals surface area (Å²) >= 11 is 0. The second kappa shape index (κ2) is 9.55. The number of esters is 1. The summed E-state index contributed by atoms with van der Waals surface area (Å²) in [7, 11) is 1.34. The SMILES string of the molecule is COC(=O)c1ccc(OC[C@H](Cc2c[nH]c3ccccc23)NC(=O)OC(C)(C)C)cc1. The van der Waals surface area contributed by atoms with Crippen LogP contribution in [-0.4, -0.2) is 42.4 Å². The number of aromatic nitrogens is 1. The van der Waals surface area contributed by atoms with Gasteiger partial charge in [-0.25, -0.2) is 9.59 Å². The fourth-order valence-corrected chi connectivity index (χ4v) is 3.19. The van der Waals surface area contributed by atoms with Gasteiger partial charge in [-0.05, 0) is 63.1 Å². The highest BCUT2D eigenvalue weighted by molar-refractivity contribution is 5.89. The first-order valence-corrected chi connectivity index (χ1v) is 10.1. The molecule has 0 radical (unpaired) electrons. The summed E-state index contributed by atoms with van der Waals surface area (Å²) in [6.45, 7) is 5.69. The zero-order valence-electron chi connectivity index (χ0n) is 18.2. The van der Waals surface area contributed by atoms with Crippen molar-refractivity contribution >= 4 is 23.0 Å². The van der Waals surface area contributed by atoms with Gasteiger partial charge in [0, 0.05) is 17.1 Å². The average molecular weight is 424 g/mol. The summed E-state index contributed by atoms with van der Waals surface area (Å²) in [5.41, 5.74) is 1.95. The number of nitrogens with one attached hydrogen (secondary N) is 2. The van der Waals surface area contributed by atoms with Gasteiger partial charge in [0.2, 0.25) is 0 Å². The molecule has 0 spiro atoms. The zero-order chi connectivity index (χ0) is 22.4. The number of alkyl carbamates (subject to hydrolysis) is 1. The van der Waals surface area contributed by atoms with E-state index in [0.29, 0.717) is 17.7 Å². The lowest BCUT2D eigenvalue weighted by molar-refractivity contribution is 0.0486. The molecular formula is C24H28N2O5. The van der Waals surface area contributed by atoms with E-state index in [2.05, 4.69) is 10.3 Å². The van der Waals surface area contributed by atoms with Crippen LogP contribution in [-0.2, 0) is 15.9 Å². The van der Waals surface area contributed by atoms with Crippen molar-refractivity contribution in [1.29, 1.82) is 0 Å². The Hall–Kier alpha value is -3.48. The topological polar surface area (TPSA) is 89.7 Å². The molecule has 0 saturated heterocycles. The highest BCUT2D eigenvalue weighted by Gasteiger charge is 2.21. The number of benzene rings is 2. The Morgan fingerprint density at radius 2 is 1.77 bits per heavy atom. The number of carbonyl (C=O) groups is 2. The van der Waals surface area contributed by atoms with E-state index in [9.17, 15) is 9.59 Å². The highest BCUT2D eigenvalue weighted by atomic mass is 16.6. The number of ether oxygens (including phenoxy) is 3. The number of para-hydroxylation sites is 1. The van der Waals surface area contributed by atoms with Crippen LogP contribution in [0.4, 0.5) is 4.79 Å². The summed E-state index contributed by atoms with van der Waals surface area (Å²) in [5, 5.41) is 4.01. The first-order chi connectivity index (χ1) is 14.7. The smallest absolute Gasteiger partial charge is 0.408 e. The molecule has 1 aromatic heterocycles. The third-order valence-electron chi connectivity index (χ3n) is 4.59. The van der Waals surface area contributed by atoms with Crippen molar-refractivity contribution in [3.8, 4) is 5.75 Å². The van der Waals surface area contributed by atoms with Gasteiger partial charge >= 0.3 is 12.1 Å². The second-order valence-corrected chi connectivity index (χ2v) is 8.23. The van der Waals surface area contributed by atoms with Gasteiger partial charge in [-0.1, -0.05) is 18.2 Å². The van der Waals surface area contributed by atoms with Gasteiger partial charge in [-0.15, -0.1) is 0 Å². The Morgan fingerprint density at radius 3 is 2.45 bits per heavy atom. The molecule has 0 aliphatic heterocycles. The predicted octanol–water partition coefficient (Wildman–Crippen LogP) is 4.47. The first kappa shape index (κ1) is 22.2. The summed E-state index contributed by atoms with van der Waals surface area (Å²) in [6.07, 6.45) is 2.00. The van der Waals surface area contributed by atoms with Gasteiger partial charge in [0.05, 0.1) is 18.7 Å². The average Bonchev–Trinajstić information content (AvgIpc) is 3.13. The zero-order valence-corrected chi connectivity index (χ0v) is 18.2. The molecule has 3 aromatic rings. The van der Waals surface area contributed by atoms with E-state index in [4.69, 9.17) is 14.2 Å². The maximum absolute atomic E-state index is 12.4. The molecule has 7 nitrogen and oxygen atoms in total. The summed E-state index contributed by atoms with van der Waals surface area (Å²) < 4.78 is 16.0. The Bertz CT molecular complexity index is 1030. The lowest BCUT2D eigenvalue weighted by atomic mass is 10.1. The number of H-pyrrole nitrogens is 1. The Kier molecular flexibility index (Phi) is 6.84. The molecule has 3 rings (SSSR count). The molecule has 1 amide bonds. The van der Waals surface area contributed by atoms with Gasteiger partial charge < -0.3 is 24.5 Å². The summed E-state index contributed by atoms with van der Waals surface area (Å²) in [5.74, 6) is 0.179. The first-order valence-electron chi connectivity index (χ1n) is 10.1. The Labute approximate surface area is 181 Å². The van der Waals surface area contributed by atoms with Gasteiger partial charge in [-0.2, -0.15) is 0 Å². The molecule has 0 bridgehead atoms. The molecule has 1 heterocycles. The van der Waals surface area contributed by atoms with E-state index in [1.807, 2.05) is 51.2 Å². The fourth-order valence-electron chi connectivity index (χ4n) is 3.19. The minimum atomic E-state index is -0.597. The van der Waals surface area contributed by atoms with E-state index in [1.165, 1.54) is 7.11 Å². The monoisotopic (exact) mass is 424 g/mol. The van der Waals surface area contributed by atoms with Crippen molar-refractivity contribution in [2.75, 3.05) is 13.7 Å². The van der Waals surface area contributed by atoms with Crippen LogP contribution in [0.2, 0.25) is 0 Å². The van der Waals surface area contributed by atoms with E-state index in [1.54, 1.807) is 24.3 Å². The number of amides is 1. The van der Waals surface area contributed by atoms with Crippen LogP contribution in [0.3, 0.4) is 0 Å². The van der Waals surface area contributed by atoms with Crippen molar-refractivity contribution < 1.29 is 23.8 Å². The van der Waals surface area contributed by atoms with Gasteiger partial charge in [0.15, 0.2) is 0 Å². The number of methoxy groups -OCH3 is 1. The summed E-state index contributed by atoms with van der Waals surface area (Å²) in [6, 6.07) is 14.3. The lowest BCUT2D eigenvalue weighted by Gasteiger charge is -2.24. The van der Waals surface area contributed by atoms with Crippen molar-refractivity contribution in [3.63, 3.8) is 0 Å². The molecule has 2 N–H and O–H groups in total. The van der Waals surface area contributed by atoms with Gasteiger partial charge in [-0.3, -0.25) is 0 Å². The van der Waals surface area contributed by atoms with Crippen molar-refractivity contribution in [3.05, 3.63) is 65.9 Å². The number of fused-ring (bicyclic) bond motifs is 1. The number of aromatic amines is 1. The third kappa shape index (κ3) is 6.25. The molecule has 164 valence electrons. The minimum Gasteiger partial charge on any atom is -0.491 e. The van der Waals surface area contributed by atoms with Crippen molar-refractivity contribution in [1.82, 2.24) is 10.3 Å². The highest BCUT2D eigenvalue weighted by Crippen LogP contribution is 2.20. The standard InChI is InChI=1S/C24H28N2O5/c1-24(2,3)31-23(28)26-18(13-17-14-25-21-8-6-5-7-20(17)21)15-30-19-11-9-16(10-12-19)22(27)29-4/h5-12,14,18,25H,13,15H2,1-4H3,(H,26,28)/t18-/m0/s1. The normalized spacial score (nSPS) is 12.3. The Morgan fingerprint density at radius 1 is 1.06 bits per heavy atom. The van der Waals surface area contributed by atoms with Crippen LogP contribution in [0.1, 0.15) is 36.7 Å². The summed E-state index contributed by atoms with van der Waals surface area (Å²) in [4.78, 5) is 27.2. The van der Waals surface area contributed by atoms with Crippen LogP contribution in [0.5, 0.6) is 5.75 Å². The van der Waals surface area contributed by atoms with Crippen LogP contribution in [0.15, 0.2) is 54.7 Å². The molecule has 2 aromatic carbocycles. The molecule has 0 saturated carbocycles. The maximum atomic E-state index is 12.4. The van der Waals surface area contributed by atoms with Crippen molar-refractivity contribution in [2.45, 2.75) is 38.8 Å². The maximum Gasteiger partial charge on any atom is 0.408 e.